The smallest absolute Gasteiger partial charge is 0.124 e. The highest BCUT2D eigenvalue weighted by atomic mass is 35.5. The lowest BCUT2D eigenvalue weighted by Crippen LogP contribution is -2.16. The number of aromatic nitrogens is 1. The van der Waals surface area contributed by atoms with E-state index in [1.165, 1.54) is 11.1 Å². The molecule has 27 heavy (non-hydrogen) atoms. The van der Waals surface area contributed by atoms with E-state index in [0.717, 1.165) is 47.1 Å². The summed E-state index contributed by atoms with van der Waals surface area (Å²) in [6, 6.07) is 16.5. The first kappa shape index (κ1) is 22.7. The topological polar surface area (TPSA) is 74.7 Å². The molecule has 0 fully saturated rings. The van der Waals surface area contributed by atoms with Gasteiger partial charge in [0.2, 0.25) is 0 Å². The van der Waals surface area contributed by atoms with Gasteiger partial charge in [0.15, 0.2) is 0 Å². The van der Waals surface area contributed by atoms with E-state index in [4.69, 9.17) is 11.0 Å². The van der Waals surface area contributed by atoms with E-state index >= 15 is 0 Å². The van der Waals surface area contributed by atoms with Crippen LogP contribution in [0.1, 0.15) is 27.8 Å². The van der Waals surface area contributed by atoms with Crippen LogP contribution in [-0.2, 0) is 13.0 Å². The summed E-state index contributed by atoms with van der Waals surface area (Å²) >= 11 is 0. The number of rotatable bonds is 5. The fraction of sp³-hybridized carbons (Fsp3) is 0.238. The lowest BCUT2D eigenvalue weighted by atomic mass is 10.0. The van der Waals surface area contributed by atoms with Gasteiger partial charge in [-0.05, 0) is 67.3 Å². The lowest BCUT2D eigenvalue weighted by molar-refractivity contribution is 0.687. The molecule has 3 rings (SSSR count). The predicted molar refractivity (Wildman–Crippen MR) is 117 cm³/mol. The minimum Gasteiger partial charge on any atom is -0.384 e. The number of anilines is 1. The number of hydrogen-bond donors (Lipinski definition) is 2. The Morgan fingerprint density at radius 1 is 1.00 bits per heavy atom. The number of fused-ring (bicyclic) bond motifs is 1. The maximum absolute atomic E-state index is 8.98. The van der Waals surface area contributed by atoms with Gasteiger partial charge < -0.3 is 11.1 Å². The molecule has 0 bridgehead atoms. The third-order valence-electron chi connectivity index (χ3n) is 4.43. The van der Waals surface area contributed by atoms with Crippen molar-refractivity contribution in [3.05, 3.63) is 70.3 Å². The number of halogens is 2. The zero-order valence-corrected chi connectivity index (χ0v) is 17.1. The largest absolute Gasteiger partial charge is 0.384 e. The Morgan fingerprint density at radius 2 is 1.74 bits per heavy atom. The van der Waals surface area contributed by atoms with Crippen molar-refractivity contribution in [3.63, 3.8) is 0 Å². The summed E-state index contributed by atoms with van der Waals surface area (Å²) in [5.74, 6) is 0.561. The molecule has 3 aromatic rings. The molecule has 0 aliphatic rings. The summed E-state index contributed by atoms with van der Waals surface area (Å²) in [4.78, 5) is 4.42. The fourth-order valence-corrected chi connectivity index (χ4v) is 3.06. The van der Waals surface area contributed by atoms with Crippen LogP contribution in [0.15, 0.2) is 42.5 Å². The summed E-state index contributed by atoms with van der Waals surface area (Å²) in [5, 5.41) is 13.6. The van der Waals surface area contributed by atoms with Gasteiger partial charge in [0.25, 0.3) is 0 Å². The van der Waals surface area contributed by atoms with Crippen molar-refractivity contribution in [3.8, 4) is 6.07 Å². The SMILES string of the molecule is Cc1cc(CCNCc2ccc3c(C)cc(N)nc3c2)ccc1C#N.Cl.Cl. The van der Waals surface area contributed by atoms with Gasteiger partial charge in [0, 0.05) is 11.9 Å². The van der Waals surface area contributed by atoms with Gasteiger partial charge in [0.05, 0.1) is 17.1 Å². The van der Waals surface area contributed by atoms with Gasteiger partial charge in [-0.1, -0.05) is 24.3 Å². The van der Waals surface area contributed by atoms with E-state index in [1.807, 2.05) is 25.1 Å². The van der Waals surface area contributed by atoms with E-state index < -0.39 is 0 Å². The van der Waals surface area contributed by atoms with Crippen LogP contribution in [-0.4, -0.2) is 11.5 Å². The molecule has 142 valence electrons. The minimum atomic E-state index is 0. The van der Waals surface area contributed by atoms with E-state index in [9.17, 15) is 0 Å². The zero-order valence-electron chi connectivity index (χ0n) is 15.5. The van der Waals surface area contributed by atoms with Crippen LogP contribution in [0, 0.1) is 25.2 Å². The van der Waals surface area contributed by atoms with Gasteiger partial charge in [-0.25, -0.2) is 4.98 Å². The summed E-state index contributed by atoms with van der Waals surface area (Å²) in [7, 11) is 0. The maximum atomic E-state index is 8.98. The lowest BCUT2D eigenvalue weighted by Gasteiger charge is -2.09. The second kappa shape index (κ2) is 10.1. The van der Waals surface area contributed by atoms with Gasteiger partial charge >= 0.3 is 0 Å². The molecule has 0 saturated heterocycles. The summed E-state index contributed by atoms with van der Waals surface area (Å²) < 4.78 is 0. The number of nitrogens with zero attached hydrogens (tertiary/aromatic N) is 2. The molecule has 0 aliphatic carbocycles. The van der Waals surface area contributed by atoms with Crippen molar-refractivity contribution in [2.24, 2.45) is 0 Å². The van der Waals surface area contributed by atoms with Crippen LogP contribution >= 0.6 is 24.8 Å². The molecular formula is C21H24Cl2N4. The van der Waals surface area contributed by atoms with Crippen LogP contribution in [0.25, 0.3) is 10.9 Å². The number of pyridine rings is 1. The van der Waals surface area contributed by atoms with Crippen LogP contribution in [0.2, 0.25) is 0 Å². The van der Waals surface area contributed by atoms with Crippen LogP contribution in [0.4, 0.5) is 5.82 Å². The van der Waals surface area contributed by atoms with Gasteiger partial charge in [-0.15, -0.1) is 24.8 Å². The number of hydrogen-bond acceptors (Lipinski definition) is 4. The Labute approximate surface area is 172 Å². The molecular weight excluding hydrogens is 379 g/mol. The first-order valence-electron chi connectivity index (χ1n) is 8.43. The Balaban J connectivity index is 0.00000182. The molecule has 0 spiro atoms. The molecule has 0 aliphatic heterocycles. The van der Waals surface area contributed by atoms with Crippen molar-refractivity contribution in [1.29, 1.82) is 5.26 Å². The Kier molecular flexibility index (Phi) is 8.52. The number of aryl methyl sites for hydroxylation is 2. The average molecular weight is 403 g/mol. The van der Waals surface area contributed by atoms with E-state index in [1.54, 1.807) is 0 Å². The van der Waals surface area contributed by atoms with E-state index in [0.29, 0.717) is 5.82 Å². The number of nitriles is 1. The molecule has 0 amide bonds. The molecule has 2 aromatic carbocycles. The molecule has 0 atom stereocenters. The molecule has 1 aromatic heterocycles. The highest BCUT2D eigenvalue weighted by Gasteiger charge is 2.03. The minimum absolute atomic E-state index is 0. The first-order valence-corrected chi connectivity index (χ1v) is 8.43. The van der Waals surface area contributed by atoms with Crippen molar-refractivity contribution < 1.29 is 0 Å². The second-order valence-corrected chi connectivity index (χ2v) is 6.40. The Morgan fingerprint density at radius 3 is 2.44 bits per heavy atom. The van der Waals surface area contributed by atoms with Crippen molar-refractivity contribution in [1.82, 2.24) is 10.3 Å². The van der Waals surface area contributed by atoms with Crippen LogP contribution < -0.4 is 11.1 Å². The highest BCUT2D eigenvalue weighted by molar-refractivity contribution is 5.86. The average Bonchev–Trinajstić information content (AvgIpc) is 2.58. The Bertz CT molecular complexity index is 964. The number of benzene rings is 2. The molecule has 4 nitrogen and oxygen atoms in total. The van der Waals surface area contributed by atoms with E-state index in [2.05, 4.69) is 47.6 Å². The van der Waals surface area contributed by atoms with Crippen LogP contribution in [0.3, 0.4) is 0 Å². The normalized spacial score (nSPS) is 9.96. The number of nitrogens with two attached hydrogens (primary N) is 1. The van der Waals surface area contributed by atoms with Crippen LogP contribution in [0.5, 0.6) is 0 Å². The van der Waals surface area contributed by atoms with Crippen molar-refractivity contribution in [2.75, 3.05) is 12.3 Å². The number of nitrogen functional groups attached to an aromatic ring is 1. The van der Waals surface area contributed by atoms with Gasteiger partial charge in [0.1, 0.15) is 5.82 Å². The monoisotopic (exact) mass is 402 g/mol. The number of nitrogens with one attached hydrogen (secondary N) is 1. The first-order chi connectivity index (χ1) is 12.1. The second-order valence-electron chi connectivity index (χ2n) is 6.40. The molecule has 0 saturated carbocycles. The van der Waals surface area contributed by atoms with Crippen molar-refractivity contribution in [2.45, 2.75) is 26.8 Å². The Hall–Kier alpha value is -2.32. The maximum Gasteiger partial charge on any atom is 0.124 e. The summed E-state index contributed by atoms with van der Waals surface area (Å²) in [6.07, 6.45) is 0.935. The van der Waals surface area contributed by atoms with Gasteiger partial charge in [-0.2, -0.15) is 5.26 Å². The molecule has 6 heteroatoms. The quantitative estimate of drug-likeness (QED) is 0.616. The standard InChI is InChI=1S/C21H22N4.2ClH/c1-14-9-16(3-5-18(14)12-22)7-8-24-13-17-4-6-19-15(2)10-21(23)25-20(19)11-17;;/h3-6,9-11,24H,7-8,13H2,1-2H3,(H2,23,25);2*1H. The summed E-state index contributed by atoms with van der Waals surface area (Å²) in [6.45, 7) is 5.70. The zero-order chi connectivity index (χ0) is 17.8. The molecule has 0 radical (unpaired) electrons. The predicted octanol–water partition coefficient (Wildman–Crippen LogP) is 4.48. The third-order valence-corrected chi connectivity index (χ3v) is 4.43. The molecule has 1 heterocycles. The van der Waals surface area contributed by atoms with E-state index in [-0.39, 0.29) is 24.8 Å². The van der Waals surface area contributed by atoms with Crippen molar-refractivity contribution >= 4 is 41.5 Å². The highest BCUT2D eigenvalue weighted by Crippen LogP contribution is 2.20. The van der Waals surface area contributed by atoms with Gasteiger partial charge in [-0.3, -0.25) is 0 Å². The molecule has 3 N–H and O–H groups in total. The third kappa shape index (κ3) is 5.58. The summed E-state index contributed by atoms with van der Waals surface area (Å²) in [5.41, 5.74) is 12.2. The fourth-order valence-electron chi connectivity index (χ4n) is 3.06. The molecule has 0 unspecified atom stereocenters.